The van der Waals surface area contributed by atoms with Gasteiger partial charge in [-0.3, -0.25) is 0 Å². The molecule has 0 aromatic rings. The summed E-state index contributed by atoms with van der Waals surface area (Å²) in [5.74, 6) is -6.83. The van der Waals surface area contributed by atoms with Crippen LogP contribution in [0.2, 0.25) is 0 Å². The van der Waals surface area contributed by atoms with Crippen molar-refractivity contribution in [1.82, 2.24) is 0 Å². The summed E-state index contributed by atoms with van der Waals surface area (Å²) in [7, 11) is 0. The number of rotatable bonds is 8. The Morgan fingerprint density at radius 3 is 0.704 bits per heavy atom. The Morgan fingerprint density at radius 2 is 0.593 bits per heavy atom. The first kappa shape index (κ1) is 22.6. The van der Waals surface area contributed by atoms with Crippen molar-refractivity contribution in [2.75, 3.05) is 0 Å². The minimum absolute atomic E-state index is 1.69. The smallest absolute Gasteiger partial charge is 0.371 e. The minimum Gasteiger partial charge on any atom is -0.371 e. The molecule has 18 nitrogen and oxygen atoms in total. The molecule has 0 aliphatic rings. The maximum absolute atomic E-state index is 11.1. The van der Waals surface area contributed by atoms with Crippen LogP contribution in [0.5, 0.6) is 0 Å². The Kier molecular flexibility index (Phi) is 7.24. The largest absolute Gasteiger partial charge is 0.439 e. The van der Waals surface area contributed by atoms with Crippen LogP contribution in [-0.2, 0) is 28.4 Å². The van der Waals surface area contributed by atoms with E-state index >= 15 is 0 Å². The molecule has 0 aliphatic carbocycles. The lowest BCUT2D eigenvalue weighted by molar-refractivity contribution is -0.380. The molecule has 0 unspecified atom stereocenters. The molecule has 6 amide bonds. The molecule has 0 aromatic heterocycles. The van der Waals surface area contributed by atoms with Gasteiger partial charge in [0.2, 0.25) is 0 Å². The van der Waals surface area contributed by atoms with E-state index in [1.54, 1.807) is 0 Å². The third kappa shape index (κ3) is 8.32. The first-order valence-corrected chi connectivity index (χ1v) is 6.11. The molecular weight excluding hydrogens is 384 g/mol. The number of carbonyl (C=O) groups is 6. The van der Waals surface area contributed by atoms with Gasteiger partial charge in [-0.25, -0.2) is 28.8 Å². The first-order chi connectivity index (χ1) is 12.2. The maximum atomic E-state index is 11.1. The summed E-state index contributed by atoms with van der Waals surface area (Å²) < 4.78 is 25.5. The highest BCUT2D eigenvalue weighted by Crippen LogP contribution is 2.32. The van der Waals surface area contributed by atoms with Crippen molar-refractivity contribution >= 4 is 36.6 Å². The molecule has 0 atom stereocenters. The number of hydrogen-bond donors (Lipinski definition) is 6. The number of ether oxygens (including phenoxy) is 6. The van der Waals surface area contributed by atoms with Crippen LogP contribution in [0.1, 0.15) is 6.42 Å². The van der Waals surface area contributed by atoms with Crippen LogP contribution in [0, 0.1) is 0 Å². The van der Waals surface area contributed by atoms with Gasteiger partial charge in [0, 0.05) is 0 Å². The Hall–Kier alpha value is -4.38. The van der Waals surface area contributed by atoms with Gasteiger partial charge >= 0.3 is 48.5 Å². The second kappa shape index (κ2) is 8.64. The van der Waals surface area contributed by atoms with E-state index in [1.807, 2.05) is 0 Å². The van der Waals surface area contributed by atoms with Crippen molar-refractivity contribution in [3.8, 4) is 0 Å². The molecule has 0 bridgehead atoms. The molecule has 152 valence electrons. The summed E-state index contributed by atoms with van der Waals surface area (Å²) in [6.45, 7) is 0. The predicted octanol–water partition coefficient (Wildman–Crippen LogP) is -2.74. The van der Waals surface area contributed by atoms with Crippen LogP contribution >= 0.6 is 0 Å². The summed E-state index contributed by atoms with van der Waals surface area (Å²) in [5.41, 5.74) is 28.4. The Balaban J connectivity index is 6.38. The van der Waals surface area contributed by atoms with Gasteiger partial charge in [0.25, 0.3) is 0 Å². The van der Waals surface area contributed by atoms with Crippen LogP contribution in [0.15, 0.2) is 0 Å². The van der Waals surface area contributed by atoms with E-state index in [-0.39, 0.29) is 0 Å². The van der Waals surface area contributed by atoms with E-state index in [2.05, 4.69) is 28.4 Å². The lowest BCUT2D eigenvalue weighted by Gasteiger charge is -2.35. The van der Waals surface area contributed by atoms with Gasteiger partial charge in [-0.05, 0) is 0 Å². The Morgan fingerprint density at radius 1 is 0.444 bits per heavy atom. The topological polar surface area (TPSA) is 314 Å². The first-order valence-electron chi connectivity index (χ1n) is 6.11. The van der Waals surface area contributed by atoms with E-state index < -0.39 is 54.9 Å². The fraction of sp³-hybridized carbons (Fsp3) is 0.333. The molecular formula is C9H14N6O12. The number of nitrogens with two attached hydrogens (primary N) is 6. The van der Waals surface area contributed by atoms with E-state index in [0.717, 1.165) is 0 Å². The Labute approximate surface area is 147 Å². The van der Waals surface area contributed by atoms with Crippen molar-refractivity contribution in [2.24, 2.45) is 34.4 Å². The molecule has 0 saturated heterocycles. The van der Waals surface area contributed by atoms with Crippen molar-refractivity contribution in [1.29, 1.82) is 0 Å². The number of amides is 6. The summed E-state index contributed by atoms with van der Waals surface area (Å²) in [4.78, 5) is 66.4. The van der Waals surface area contributed by atoms with Gasteiger partial charge in [0.1, 0.15) is 0 Å². The van der Waals surface area contributed by atoms with Gasteiger partial charge in [-0.15, -0.1) is 0 Å². The van der Waals surface area contributed by atoms with Crippen LogP contribution in [0.25, 0.3) is 0 Å². The van der Waals surface area contributed by atoms with E-state index in [9.17, 15) is 28.8 Å². The van der Waals surface area contributed by atoms with E-state index in [0.29, 0.717) is 0 Å². The fourth-order valence-electron chi connectivity index (χ4n) is 1.53. The minimum atomic E-state index is -3.41. The number of hydrogen-bond acceptors (Lipinski definition) is 12. The van der Waals surface area contributed by atoms with E-state index in [4.69, 9.17) is 34.4 Å². The van der Waals surface area contributed by atoms with Crippen molar-refractivity contribution in [2.45, 2.75) is 18.4 Å². The summed E-state index contributed by atoms with van der Waals surface area (Å²) in [6.07, 6.45) is -12.5. The lowest BCUT2D eigenvalue weighted by Crippen LogP contribution is -2.57. The predicted molar refractivity (Wildman–Crippen MR) is 74.1 cm³/mol. The van der Waals surface area contributed by atoms with Crippen LogP contribution in [-0.4, -0.2) is 48.5 Å². The molecule has 27 heavy (non-hydrogen) atoms. The van der Waals surface area contributed by atoms with Gasteiger partial charge in [0.15, 0.2) is 6.42 Å². The average molecular weight is 398 g/mol. The molecule has 0 aromatic carbocycles. The SMILES string of the molecule is NC(=O)OC(CC(OC(N)=O)(OC(N)=O)OC(N)=O)(OC(N)=O)OC(N)=O. The van der Waals surface area contributed by atoms with Crippen LogP contribution in [0.4, 0.5) is 28.8 Å². The monoisotopic (exact) mass is 398 g/mol. The molecule has 0 rings (SSSR count). The van der Waals surface area contributed by atoms with Crippen molar-refractivity contribution < 1.29 is 57.2 Å². The average Bonchev–Trinajstić information content (AvgIpc) is 2.30. The van der Waals surface area contributed by atoms with Crippen LogP contribution in [0.3, 0.4) is 0 Å². The lowest BCUT2D eigenvalue weighted by atomic mass is 10.3. The fourth-order valence-corrected chi connectivity index (χ4v) is 1.53. The normalized spacial score (nSPS) is 10.7. The summed E-state index contributed by atoms with van der Waals surface area (Å²) in [5, 5.41) is 0. The molecule has 18 heteroatoms. The molecule has 12 N–H and O–H groups in total. The number of primary amides is 6. The zero-order valence-electron chi connectivity index (χ0n) is 13.1. The highest BCUT2D eigenvalue weighted by molar-refractivity contribution is 5.71. The van der Waals surface area contributed by atoms with Crippen LogP contribution < -0.4 is 34.4 Å². The number of carbonyl (C=O) groups excluding carboxylic acids is 6. The van der Waals surface area contributed by atoms with Gasteiger partial charge in [-0.2, -0.15) is 0 Å². The zero-order valence-corrected chi connectivity index (χ0v) is 13.1. The third-order valence-electron chi connectivity index (χ3n) is 1.97. The third-order valence-corrected chi connectivity index (χ3v) is 1.97. The molecule has 0 saturated carbocycles. The highest BCUT2D eigenvalue weighted by Gasteiger charge is 2.58. The van der Waals surface area contributed by atoms with Gasteiger partial charge < -0.3 is 62.8 Å². The molecule has 0 radical (unpaired) electrons. The zero-order chi connectivity index (χ0) is 21.4. The van der Waals surface area contributed by atoms with Crippen molar-refractivity contribution in [3.05, 3.63) is 0 Å². The summed E-state index contributed by atoms with van der Waals surface area (Å²) >= 11 is 0. The van der Waals surface area contributed by atoms with Gasteiger partial charge in [-0.1, -0.05) is 0 Å². The highest BCUT2D eigenvalue weighted by atomic mass is 16.9. The molecule has 0 spiro atoms. The quantitative estimate of drug-likeness (QED) is 0.227. The molecule has 0 aliphatic heterocycles. The standard InChI is InChI=1S/C9H14N6O12/c10-2(16)22-8(23-3(11)17,24-4(12)18)1-9(25-5(13)19,26-6(14)20)27-7(15)21/h1H2,(H2,10,16)(H2,11,17)(H2,12,18)(H2,13,19)(H2,14,20)(H2,15,21). The maximum Gasteiger partial charge on any atom is 0.439 e. The second-order valence-electron chi connectivity index (χ2n) is 4.07. The van der Waals surface area contributed by atoms with Gasteiger partial charge in [0.05, 0.1) is 0 Å². The molecule has 0 fully saturated rings. The summed E-state index contributed by atoms with van der Waals surface area (Å²) in [6, 6.07) is 0. The van der Waals surface area contributed by atoms with Crippen molar-refractivity contribution in [3.63, 3.8) is 0 Å². The second-order valence-corrected chi connectivity index (χ2v) is 4.07. The molecule has 0 heterocycles. The Bertz CT molecular complexity index is 514. The van der Waals surface area contributed by atoms with E-state index in [1.165, 1.54) is 0 Å².